The summed E-state index contributed by atoms with van der Waals surface area (Å²) in [5.41, 5.74) is 2.17. The van der Waals surface area contributed by atoms with Crippen LogP contribution in [0.15, 0.2) is 36.4 Å². The summed E-state index contributed by atoms with van der Waals surface area (Å²) in [5.74, 6) is 6.92. The summed E-state index contributed by atoms with van der Waals surface area (Å²) < 4.78 is 0. The van der Waals surface area contributed by atoms with Crippen LogP contribution in [-0.2, 0) is 6.54 Å². The van der Waals surface area contributed by atoms with Crippen LogP contribution in [0.5, 0.6) is 5.75 Å². The molecule has 0 heterocycles. The topological polar surface area (TPSA) is 32.3 Å². The van der Waals surface area contributed by atoms with Gasteiger partial charge in [-0.05, 0) is 133 Å². The Labute approximate surface area is 245 Å². The van der Waals surface area contributed by atoms with Gasteiger partial charge in [0, 0.05) is 18.2 Å². The first-order valence-corrected chi connectivity index (χ1v) is 17.1. The number of aromatic hydroxyl groups is 1. The van der Waals surface area contributed by atoms with Crippen LogP contribution in [-0.4, -0.2) is 11.1 Å². The Hall–Kier alpha value is -1.54. The SMILES string of the molecule is CC(C)CCCC(C)[C@H]1CCC2C3CCC4CC(NCc5cc6ccccc6cc5O)CC[C@]4(C)C3CC[C@@]21C. The van der Waals surface area contributed by atoms with E-state index in [0.29, 0.717) is 22.6 Å². The number of benzene rings is 2. The lowest BCUT2D eigenvalue weighted by atomic mass is 9.44. The van der Waals surface area contributed by atoms with Crippen molar-refractivity contribution in [3.8, 4) is 5.75 Å². The number of phenolic OH excluding ortho intramolecular Hbond substituents is 1. The van der Waals surface area contributed by atoms with Crippen LogP contribution < -0.4 is 5.32 Å². The van der Waals surface area contributed by atoms with Gasteiger partial charge in [-0.1, -0.05) is 78.1 Å². The molecule has 40 heavy (non-hydrogen) atoms. The molecule has 2 aromatic carbocycles. The van der Waals surface area contributed by atoms with Crippen molar-refractivity contribution in [1.82, 2.24) is 5.32 Å². The highest BCUT2D eigenvalue weighted by molar-refractivity contribution is 5.84. The quantitative estimate of drug-likeness (QED) is 0.347. The van der Waals surface area contributed by atoms with E-state index in [2.05, 4.69) is 64.2 Å². The molecule has 2 N–H and O–H groups in total. The highest BCUT2D eigenvalue weighted by atomic mass is 16.3. The van der Waals surface area contributed by atoms with Gasteiger partial charge in [0.05, 0.1) is 0 Å². The lowest BCUT2D eigenvalue weighted by Crippen LogP contribution is -2.55. The minimum atomic E-state index is 0.432. The van der Waals surface area contributed by atoms with Crippen molar-refractivity contribution >= 4 is 10.8 Å². The summed E-state index contributed by atoms with van der Waals surface area (Å²) in [4.78, 5) is 0. The van der Waals surface area contributed by atoms with E-state index in [1.807, 2.05) is 12.1 Å². The third-order valence-corrected chi connectivity index (χ3v) is 13.4. The van der Waals surface area contributed by atoms with Gasteiger partial charge in [0.1, 0.15) is 5.75 Å². The van der Waals surface area contributed by atoms with E-state index in [4.69, 9.17) is 0 Å². The highest BCUT2D eigenvalue weighted by Gasteiger charge is 2.60. The fourth-order valence-electron chi connectivity index (χ4n) is 11.1. The average Bonchev–Trinajstić information content (AvgIpc) is 3.29. The van der Waals surface area contributed by atoms with Gasteiger partial charge in [0.15, 0.2) is 0 Å². The van der Waals surface area contributed by atoms with Crippen molar-refractivity contribution in [2.45, 2.75) is 124 Å². The van der Waals surface area contributed by atoms with Crippen LogP contribution in [0.4, 0.5) is 0 Å². The van der Waals surface area contributed by atoms with E-state index in [1.54, 1.807) is 0 Å². The second-order valence-electron chi connectivity index (χ2n) is 15.9. The molecule has 0 bridgehead atoms. The molecule has 0 spiro atoms. The van der Waals surface area contributed by atoms with Gasteiger partial charge in [0.25, 0.3) is 0 Å². The number of hydrogen-bond acceptors (Lipinski definition) is 2. The number of phenols is 1. The summed E-state index contributed by atoms with van der Waals surface area (Å²) in [6.45, 7) is 13.6. The van der Waals surface area contributed by atoms with Crippen molar-refractivity contribution in [2.24, 2.45) is 52.3 Å². The third kappa shape index (κ3) is 5.14. The Morgan fingerprint density at radius 2 is 1.57 bits per heavy atom. The molecule has 2 aromatic rings. The zero-order chi connectivity index (χ0) is 28.1. The Balaban J connectivity index is 1.08. The molecule has 0 radical (unpaired) electrons. The van der Waals surface area contributed by atoms with Gasteiger partial charge in [-0.3, -0.25) is 0 Å². The van der Waals surface area contributed by atoms with E-state index < -0.39 is 0 Å². The summed E-state index contributed by atoms with van der Waals surface area (Å²) in [6.07, 6.45) is 17.2. The fourth-order valence-corrected chi connectivity index (χ4v) is 11.1. The average molecular weight is 544 g/mol. The standard InChI is InChI=1S/C38H57NO/c1-25(2)9-8-10-26(3)33-15-16-34-32-14-13-30-23-31(17-19-37(30,4)35(32)18-20-38(33,34)5)39-24-29-21-27-11-6-7-12-28(27)22-36(29)40/h6-7,11-12,21-22,25-26,30-35,39-40H,8-10,13-20,23-24H2,1-5H3/t26?,30?,31?,32?,33-,34?,35?,37+,38-/m1/s1. The lowest BCUT2D eigenvalue weighted by Gasteiger charge is -2.61. The number of rotatable bonds is 8. The van der Waals surface area contributed by atoms with E-state index in [-0.39, 0.29) is 0 Å². The van der Waals surface area contributed by atoms with Crippen LogP contribution in [0.25, 0.3) is 10.8 Å². The van der Waals surface area contributed by atoms with Crippen molar-refractivity contribution in [2.75, 3.05) is 0 Å². The van der Waals surface area contributed by atoms with Crippen LogP contribution >= 0.6 is 0 Å². The normalized spacial score (nSPS) is 38.1. The largest absolute Gasteiger partial charge is 0.508 e. The molecule has 4 aliphatic rings. The maximum absolute atomic E-state index is 10.7. The summed E-state index contributed by atoms with van der Waals surface area (Å²) >= 11 is 0. The molecule has 9 atom stereocenters. The number of hydrogen-bond donors (Lipinski definition) is 2. The van der Waals surface area contributed by atoms with Crippen LogP contribution in [0.2, 0.25) is 0 Å². The molecule has 4 aliphatic carbocycles. The fraction of sp³-hybridized carbons (Fsp3) is 0.737. The summed E-state index contributed by atoms with van der Waals surface area (Å²) in [5, 5.41) is 16.9. The van der Waals surface area contributed by atoms with Gasteiger partial charge in [0.2, 0.25) is 0 Å². The highest BCUT2D eigenvalue weighted by Crippen LogP contribution is 2.68. The van der Waals surface area contributed by atoms with E-state index >= 15 is 0 Å². The maximum atomic E-state index is 10.7. The van der Waals surface area contributed by atoms with E-state index in [0.717, 1.165) is 58.9 Å². The van der Waals surface area contributed by atoms with Crippen LogP contribution in [0.3, 0.4) is 0 Å². The van der Waals surface area contributed by atoms with Crippen molar-refractivity contribution < 1.29 is 5.11 Å². The molecule has 220 valence electrons. The van der Waals surface area contributed by atoms with Gasteiger partial charge >= 0.3 is 0 Å². The maximum Gasteiger partial charge on any atom is 0.120 e. The summed E-state index contributed by atoms with van der Waals surface area (Å²) in [6, 6.07) is 13.1. The molecule has 0 amide bonds. The predicted octanol–water partition coefficient (Wildman–Crippen LogP) is 10.1. The van der Waals surface area contributed by atoms with Crippen molar-refractivity contribution in [3.63, 3.8) is 0 Å². The molecular formula is C38H57NO. The Kier molecular flexibility index (Phi) is 8.05. The Morgan fingerprint density at radius 1 is 0.850 bits per heavy atom. The second kappa shape index (κ2) is 11.3. The molecule has 6 rings (SSSR count). The number of nitrogens with one attached hydrogen (secondary N) is 1. The van der Waals surface area contributed by atoms with Gasteiger partial charge in [-0.2, -0.15) is 0 Å². The first-order valence-electron chi connectivity index (χ1n) is 17.1. The molecular weight excluding hydrogens is 486 g/mol. The van der Waals surface area contributed by atoms with Crippen molar-refractivity contribution in [3.05, 3.63) is 42.0 Å². The van der Waals surface area contributed by atoms with E-state index in [9.17, 15) is 5.11 Å². The molecule has 2 nitrogen and oxygen atoms in total. The van der Waals surface area contributed by atoms with Gasteiger partial charge < -0.3 is 10.4 Å². The molecule has 0 aromatic heterocycles. The van der Waals surface area contributed by atoms with E-state index in [1.165, 1.54) is 82.4 Å². The van der Waals surface area contributed by atoms with Gasteiger partial charge in [-0.15, -0.1) is 0 Å². The zero-order valence-corrected chi connectivity index (χ0v) is 26.2. The third-order valence-electron chi connectivity index (χ3n) is 13.4. The minimum absolute atomic E-state index is 0.432. The predicted molar refractivity (Wildman–Crippen MR) is 169 cm³/mol. The zero-order valence-electron chi connectivity index (χ0n) is 26.2. The minimum Gasteiger partial charge on any atom is -0.508 e. The Morgan fingerprint density at radius 3 is 2.35 bits per heavy atom. The molecule has 6 unspecified atom stereocenters. The smallest absolute Gasteiger partial charge is 0.120 e. The van der Waals surface area contributed by atoms with Gasteiger partial charge in [-0.25, -0.2) is 0 Å². The Bertz CT molecular complexity index is 1170. The molecule has 0 aliphatic heterocycles. The monoisotopic (exact) mass is 543 g/mol. The first-order chi connectivity index (χ1) is 19.2. The summed E-state index contributed by atoms with van der Waals surface area (Å²) in [7, 11) is 0. The van der Waals surface area contributed by atoms with Crippen molar-refractivity contribution in [1.29, 1.82) is 0 Å². The first kappa shape index (κ1) is 28.6. The lowest BCUT2D eigenvalue weighted by molar-refractivity contribution is -0.118. The van der Waals surface area contributed by atoms with Crippen LogP contribution in [0.1, 0.15) is 117 Å². The molecule has 0 saturated heterocycles. The number of fused-ring (bicyclic) bond motifs is 6. The van der Waals surface area contributed by atoms with Crippen LogP contribution in [0, 0.1) is 52.3 Å². The molecule has 4 saturated carbocycles. The second-order valence-corrected chi connectivity index (χ2v) is 15.9. The molecule has 4 fully saturated rings. The molecule has 2 heteroatoms.